The molecule has 6 heteroatoms. The number of thiazole rings is 1. The van der Waals surface area contributed by atoms with Crippen molar-refractivity contribution in [2.75, 3.05) is 26.8 Å². The van der Waals surface area contributed by atoms with Crippen LogP contribution in [0.5, 0.6) is 0 Å². The number of morpholine rings is 1. The Kier molecular flexibility index (Phi) is 4.78. The highest BCUT2D eigenvalue weighted by Crippen LogP contribution is 2.24. The molecule has 1 aliphatic rings. The summed E-state index contributed by atoms with van der Waals surface area (Å²) in [6.45, 7) is 9.18. The molecule has 2 heterocycles. The zero-order chi connectivity index (χ0) is 14.8. The van der Waals surface area contributed by atoms with Crippen molar-refractivity contribution >= 4 is 17.3 Å². The third kappa shape index (κ3) is 3.77. The summed E-state index contributed by atoms with van der Waals surface area (Å²) < 4.78 is 10.2. The van der Waals surface area contributed by atoms with Gasteiger partial charge in [0.2, 0.25) is 0 Å². The fraction of sp³-hybridized carbons (Fsp3) is 0.714. The molecule has 112 valence electrons. The zero-order valence-electron chi connectivity index (χ0n) is 12.5. The summed E-state index contributed by atoms with van der Waals surface area (Å²) in [7, 11) is 1.39. The van der Waals surface area contributed by atoms with E-state index in [2.05, 4.69) is 36.0 Å². The maximum Gasteiger partial charge on any atom is 0.336 e. The molecular weight excluding hydrogens is 276 g/mol. The number of carbonyl (C=O) groups excluding carboxylic acids is 1. The van der Waals surface area contributed by atoms with Crippen LogP contribution < -0.4 is 0 Å². The Balaban J connectivity index is 1.96. The summed E-state index contributed by atoms with van der Waals surface area (Å²) in [6, 6.07) is 0. The number of hydrogen-bond donors (Lipinski definition) is 0. The first-order valence-corrected chi connectivity index (χ1v) is 7.65. The number of nitrogens with zero attached hydrogens (tertiary/aromatic N) is 2. The highest BCUT2D eigenvalue weighted by molar-refractivity contribution is 7.09. The van der Waals surface area contributed by atoms with Gasteiger partial charge in [0, 0.05) is 23.9 Å². The molecule has 0 N–H and O–H groups in total. The van der Waals surface area contributed by atoms with Crippen LogP contribution in [0.2, 0.25) is 0 Å². The lowest BCUT2D eigenvalue weighted by molar-refractivity contribution is -0.160. The SMILES string of the molecule is COC(=O)C1CN(Cc2nc(C(C)(C)C)cs2)CCO1. The molecule has 1 atom stereocenters. The second-order valence-electron chi connectivity index (χ2n) is 5.99. The molecule has 20 heavy (non-hydrogen) atoms. The Morgan fingerprint density at radius 3 is 2.95 bits per heavy atom. The predicted octanol–water partition coefficient (Wildman–Crippen LogP) is 1.81. The lowest BCUT2D eigenvalue weighted by Gasteiger charge is -2.30. The summed E-state index contributed by atoms with van der Waals surface area (Å²) in [5.41, 5.74) is 1.20. The van der Waals surface area contributed by atoms with Crippen LogP contribution in [0.15, 0.2) is 5.38 Å². The first-order chi connectivity index (χ1) is 9.40. The molecule has 0 bridgehead atoms. The second-order valence-corrected chi connectivity index (χ2v) is 6.94. The van der Waals surface area contributed by atoms with Crippen molar-refractivity contribution in [3.05, 3.63) is 16.1 Å². The molecule has 0 radical (unpaired) electrons. The zero-order valence-corrected chi connectivity index (χ0v) is 13.3. The van der Waals surface area contributed by atoms with Crippen molar-refractivity contribution in [2.45, 2.75) is 38.8 Å². The van der Waals surface area contributed by atoms with Gasteiger partial charge in [0.15, 0.2) is 6.10 Å². The van der Waals surface area contributed by atoms with Crippen LogP contribution in [0.4, 0.5) is 0 Å². The van der Waals surface area contributed by atoms with Gasteiger partial charge in [-0.2, -0.15) is 0 Å². The van der Waals surface area contributed by atoms with Gasteiger partial charge < -0.3 is 9.47 Å². The third-order valence-corrected chi connectivity index (χ3v) is 4.13. The topological polar surface area (TPSA) is 51.7 Å². The summed E-state index contributed by atoms with van der Waals surface area (Å²) in [6.07, 6.45) is -0.476. The van der Waals surface area contributed by atoms with Gasteiger partial charge in [0.25, 0.3) is 0 Å². The first-order valence-electron chi connectivity index (χ1n) is 6.77. The first kappa shape index (κ1) is 15.4. The van der Waals surface area contributed by atoms with Crippen LogP contribution in [0, 0.1) is 0 Å². The van der Waals surface area contributed by atoms with E-state index in [1.165, 1.54) is 7.11 Å². The van der Waals surface area contributed by atoms with Crippen LogP contribution in [-0.2, 0) is 26.2 Å². The van der Waals surface area contributed by atoms with Crippen molar-refractivity contribution < 1.29 is 14.3 Å². The standard InChI is InChI=1S/C14H22N2O3S/c1-14(2,3)11-9-20-12(15-11)8-16-5-6-19-10(7-16)13(17)18-4/h9-10H,5-8H2,1-4H3. The van der Waals surface area contributed by atoms with Crippen LogP contribution >= 0.6 is 11.3 Å². The summed E-state index contributed by atoms with van der Waals surface area (Å²) in [4.78, 5) is 18.4. The second kappa shape index (κ2) is 6.20. The minimum Gasteiger partial charge on any atom is -0.467 e. The van der Waals surface area contributed by atoms with E-state index in [-0.39, 0.29) is 11.4 Å². The fourth-order valence-corrected chi connectivity index (χ4v) is 3.10. The van der Waals surface area contributed by atoms with Gasteiger partial charge in [0.05, 0.1) is 26.0 Å². The van der Waals surface area contributed by atoms with Gasteiger partial charge in [-0.25, -0.2) is 9.78 Å². The smallest absolute Gasteiger partial charge is 0.336 e. The maximum absolute atomic E-state index is 11.5. The van der Waals surface area contributed by atoms with E-state index in [1.807, 2.05) is 0 Å². The molecule has 1 unspecified atom stereocenters. The van der Waals surface area contributed by atoms with E-state index in [4.69, 9.17) is 9.47 Å². The molecule has 1 aliphatic heterocycles. The normalized spacial score (nSPS) is 20.9. The van der Waals surface area contributed by atoms with Gasteiger partial charge in [-0.15, -0.1) is 11.3 Å². The van der Waals surface area contributed by atoms with Crippen molar-refractivity contribution in [1.82, 2.24) is 9.88 Å². The average Bonchev–Trinajstić information content (AvgIpc) is 2.86. The number of aromatic nitrogens is 1. The molecule has 1 aromatic heterocycles. The number of ether oxygens (including phenoxy) is 2. The molecule has 1 saturated heterocycles. The van der Waals surface area contributed by atoms with Crippen LogP contribution in [0.1, 0.15) is 31.5 Å². The van der Waals surface area contributed by atoms with Crippen molar-refractivity contribution in [3.63, 3.8) is 0 Å². The Morgan fingerprint density at radius 1 is 1.60 bits per heavy atom. The number of rotatable bonds is 3. The number of esters is 1. The Labute approximate surface area is 123 Å². The molecule has 5 nitrogen and oxygen atoms in total. The van der Waals surface area contributed by atoms with Gasteiger partial charge in [0.1, 0.15) is 5.01 Å². The van der Waals surface area contributed by atoms with Crippen LogP contribution in [0.25, 0.3) is 0 Å². The molecule has 0 aromatic carbocycles. The monoisotopic (exact) mass is 298 g/mol. The van der Waals surface area contributed by atoms with Crippen LogP contribution in [-0.4, -0.2) is 48.8 Å². The van der Waals surface area contributed by atoms with Gasteiger partial charge >= 0.3 is 5.97 Å². The van der Waals surface area contributed by atoms with Crippen LogP contribution in [0.3, 0.4) is 0 Å². The molecule has 0 spiro atoms. The fourth-order valence-electron chi connectivity index (χ4n) is 2.04. The van der Waals surface area contributed by atoms with Gasteiger partial charge in [-0.3, -0.25) is 4.90 Å². The maximum atomic E-state index is 11.5. The minimum absolute atomic E-state index is 0.0777. The Hall–Kier alpha value is -0.980. The van der Waals surface area contributed by atoms with E-state index < -0.39 is 6.10 Å². The number of hydrogen-bond acceptors (Lipinski definition) is 6. The van der Waals surface area contributed by atoms with Crippen molar-refractivity contribution in [1.29, 1.82) is 0 Å². The van der Waals surface area contributed by atoms with E-state index in [0.29, 0.717) is 13.2 Å². The molecular formula is C14H22N2O3S. The van der Waals surface area contributed by atoms with Crippen molar-refractivity contribution in [2.24, 2.45) is 0 Å². The van der Waals surface area contributed by atoms with Gasteiger partial charge in [-0.1, -0.05) is 20.8 Å². The lowest BCUT2D eigenvalue weighted by Crippen LogP contribution is -2.46. The Bertz CT molecular complexity index is 467. The van der Waals surface area contributed by atoms with E-state index in [9.17, 15) is 4.79 Å². The molecule has 0 amide bonds. The minimum atomic E-state index is -0.476. The molecule has 2 rings (SSSR count). The summed E-state index contributed by atoms with van der Waals surface area (Å²) in [5.74, 6) is -0.302. The summed E-state index contributed by atoms with van der Waals surface area (Å²) in [5, 5.41) is 3.20. The van der Waals surface area contributed by atoms with Crippen molar-refractivity contribution in [3.8, 4) is 0 Å². The third-order valence-electron chi connectivity index (χ3n) is 3.29. The molecule has 1 fully saturated rings. The lowest BCUT2D eigenvalue weighted by atomic mass is 9.93. The van der Waals surface area contributed by atoms with E-state index >= 15 is 0 Å². The largest absolute Gasteiger partial charge is 0.467 e. The van der Waals surface area contributed by atoms with E-state index in [1.54, 1.807) is 11.3 Å². The highest BCUT2D eigenvalue weighted by atomic mass is 32.1. The van der Waals surface area contributed by atoms with Gasteiger partial charge in [-0.05, 0) is 0 Å². The number of carbonyl (C=O) groups is 1. The average molecular weight is 298 g/mol. The predicted molar refractivity (Wildman–Crippen MR) is 77.8 cm³/mol. The summed E-state index contributed by atoms with van der Waals surface area (Å²) >= 11 is 1.68. The Morgan fingerprint density at radius 2 is 2.35 bits per heavy atom. The van der Waals surface area contributed by atoms with E-state index in [0.717, 1.165) is 23.8 Å². The number of methoxy groups -OCH3 is 1. The molecule has 1 aromatic rings. The molecule has 0 aliphatic carbocycles. The quantitative estimate of drug-likeness (QED) is 0.797. The molecule has 0 saturated carbocycles. The highest BCUT2D eigenvalue weighted by Gasteiger charge is 2.28.